The highest BCUT2D eigenvalue weighted by molar-refractivity contribution is 6.32. The zero-order chi connectivity index (χ0) is 21.8. The molecule has 162 valence electrons. The van der Waals surface area contributed by atoms with E-state index in [1.54, 1.807) is 13.1 Å². The minimum atomic E-state index is -0.734. The summed E-state index contributed by atoms with van der Waals surface area (Å²) in [7, 11) is 0. The molecule has 0 saturated heterocycles. The number of nitrogens with zero attached hydrogens (tertiary/aromatic N) is 4. The lowest BCUT2D eigenvalue weighted by atomic mass is 9.91. The Kier molecular flexibility index (Phi) is 6.46. The summed E-state index contributed by atoms with van der Waals surface area (Å²) < 4.78 is 20.8. The largest absolute Gasteiger partial charge is 0.479 e. The summed E-state index contributed by atoms with van der Waals surface area (Å²) in [6, 6.07) is 6.06. The lowest BCUT2D eigenvalue weighted by molar-refractivity contribution is -0.128. The fourth-order valence-corrected chi connectivity index (χ4v) is 3.96. The maximum absolute atomic E-state index is 13.2. The molecule has 1 aromatic carbocycles. The number of carbonyl (C=O) groups is 1. The molecule has 31 heavy (non-hydrogen) atoms. The second-order valence-electron chi connectivity index (χ2n) is 7.65. The van der Waals surface area contributed by atoms with Crippen molar-refractivity contribution >= 4 is 17.5 Å². The van der Waals surface area contributed by atoms with Crippen molar-refractivity contribution in [2.24, 2.45) is 0 Å². The Morgan fingerprint density at radius 2 is 2.10 bits per heavy atom. The third-order valence-electron chi connectivity index (χ3n) is 5.46. The van der Waals surface area contributed by atoms with Crippen LogP contribution in [0.4, 0.5) is 4.39 Å². The van der Waals surface area contributed by atoms with Crippen molar-refractivity contribution in [1.29, 1.82) is 0 Å². The van der Waals surface area contributed by atoms with E-state index in [9.17, 15) is 9.18 Å². The molecule has 1 N–H and O–H groups in total. The van der Waals surface area contributed by atoms with Gasteiger partial charge in [0.1, 0.15) is 17.9 Å². The van der Waals surface area contributed by atoms with E-state index in [1.807, 2.05) is 23.1 Å². The number of amides is 1. The van der Waals surface area contributed by atoms with Crippen LogP contribution in [0.25, 0.3) is 11.3 Å². The number of ether oxygens (including phenoxy) is 1. The molecule has 0 spiro atoms. The zero-order valence-corrected chi connectivity index (χ0v) is 17.8. The minimum absolute atomic E-state index is 0.0791. The first-order chi connectivity index (χ1) is 15.0. The van der Waals surface area contributed by atoms with Crippen molar-refractivity contribution in [3.8, 4) is 17.0 Å². The van der Waals surface area contributed by atoms with Crippen molar-refractivity contribution in [3.63, 3.8) is 0 Å². The van der Waals surface area contributed by atoms with Crippen LogP contribution in [0.2, 0.25) is 5.02 Å². The number of hydrogen-bond acceptors (Lipinski definition) is 5. The Morgan fingerprint density at radius 1 is 1.29 bits per heavy atom. The van der Waals surface area contributed by atoms with Gasteiger partial charge in [0.2, 0.25) is 0 Å². The minimum Gasteiger partial charge on any atom is -0.479 e. The van der Waals surface area contributed by atoms with Gasteiger partial charge in [0.15, 0.2) is 6.10 Å². The Morgan fingerprint density at radius 3 is 2.81 bits per heavy atom. The number of hydrogen-bond donors (Lipinski definition) is 1. The Bertz CT molecular complexity index is 1040. The van der Waals surface area contributed by atoms with Crippen molar-refractivity contribution < 1.29 is 13.9 Å². The molecule has 2 heterocycles. The maximum Gasteiger partial charge on any atom is 0.260 e. The van der Waals surface area contributed by atoms with Crippen LogP contribution in [0.1, 0.15) is 38.6 Å². The summed E-state index contributed by atoms with van der Waals surface area (Å²) in [5, 5.41) is 7.69. The Hall–Kier alpha value is -3.00. The van der Waals surface area contributed by atoms with Crippen LogP contribution in [0, 0.1) is 5.82 Å². The summed E-state index contributed by atoms with van der Waals surface area (Å²) in [4.78, 5) is 20.7. The highest BCUT2D eigenvalue weighted by atomic mass is 35.5. The van der Waals surface area contributed by atoms with Gasteiger partial charge in [0.05, 0.1) is 23.0 Å². The van der Waals surface area contributed by atoms with Crippen molar-refractivity contribution in [3.05, 3.63) is 60.0 Å². The van der Waals surface area contributed by atoms with Gasteiger partial charge in [0.25, 0.3) is 5.91 Å². The fraction of sp³-hybridized carbons (Fsp3) is 0.364. The molecule has 0 radical (unpaired) electrons. The van der Waals surface area contributed by atoms with E-state index in [2.05, 4.69) is 20.4 Å². The van der Waals surface area contributed by atoms with Crippen LogP contribution in [0.5, 0.6) is 5.75 Å². The smallest absolute Gasteiger partial charge is 0.260 e. The second-order valence-corrected chi connectivity index (χ2v) is 8.06. The second kappa shape index (κ2) is 9.43. The molecule has 7 nitrogen and oxygen atoms in total. The first-order valence-corrected chi connectivity index (χ1v) is 10.6. The van der Waals surface area contributed by atoms with E-state index in [4.69, 9.17) is 16.3 Å². The molecule has 1 amide bonds. The van der Waals surface area contributed by atoms with Gasteiger partial charge in [-0.1, -0.05) is 11.6 Å². The molecule has 3 aromatic rings. The van der Waals surface area contributed by atoms with Crippen LogP contribution < -0.4 is 10.1 Å². The number of benzene rings is 1. The fourth-order valence-electron chi connectivity index (χ4n) is 3.75. The first kappa shape index (κ1) is 21.2. The van der Waals surface area contributed by atoms with Crippen LogP contribution in [-0.4, -0.2) is 37.8 Å². The summed E-state index contributed by atoms with van der Waals surface area (Å²) >= 11 is 5.97. The lowest BCUT2D eigenvalue weighted by Gasteiger charge is -2.30. The van der Waals surface area contributed by atoms with E-state index in [0.29, 0.717) is 0 Å². The number of halogens is 2. The molecule has 1 atom stereocenters. The predicted molar refractivity (Wildman–Crippen MR) is 114 cm³/mol. The van der Waals surface area contributed by atoms with Gasteiger partial charge in [-0.25, -0.2) is 14.4 Å². The maximum atomic E-state index is 13.2. The number of nitrogens with one attached hydrogen (secondary N) is 1. The van der Waals surface area contributed by atoms with Gasteiger partial charge in [-0.15, -0.1) is 0 Å². The molecular weight excluding hydrogens is 421 g/mol. The highest BCUT2D eigenvalue weighted by Gasteiger charge is 2.26. The van der Waals surface area contributed by atoms with Gasteiger partial charge in [-0.05, 0) is 56.9 Å². The Balaban J connectivity index is 1.28. The van der Waals surface area contributed by atoms with Gasteiger partial charge in [0, 0.05) is 24.0 Å². The van der Waals surface area contributed by atoms with Crippen molar-refractivity contribution in [1.82, 2.24) is 25.1 Å². The molecule has 1 unspecified atom stereocenters. The summed E-state index contributed by atoms with van der Waals surface area (Å²) in [5.74, 6) is -0.380. The predicted octanol–water partition coefficient (Wildman–Crippen LogP) is 4.20. The van der Waals surface area contributed by atoms with Crippen LogP contribution in [0.15, 0.2) is 49.2 Å². The molecule has 2 aromatic heterocycles. The van der Waals surface area contributed by atoms with E-state index in [-0.39, 0.29) is 28.8 Å². The van der Waals surface area contributed by atoms with E-state index in [1.165, 1.54) is 18.5 Å². The summed E-state index contributed by atoms with van der Waals surface area (Å²) in [6.45, 7) is 1.65. The quantitative estimate of drug-likeness (QED) is 0.617. The summed E-state index contributed by atoms with van der Waals surface area (Å²) in [5.41, 5.74) is 1.81. The average Bonchev–Trinajstić information content (AvgIpc) is 3.27. The van der Waals surface area contributed by atoms with E-state index in [0.717, 1.165) is 43.0 Å². The molecule has 1 aliphatic rings. The van der Waals surface area contributed by atoms with E-state index < -0.39 is 11.9 Å². The van der Waals surface area contributed by atoms with Gasteiger partial charge < -0.3 is 10.1 Å². The SMILES string of the molecule is CC(Oc1ccc(F)cc1Cl)C(=O)NC1CCC(n2cc(-c3ccncn3)cn2)CC1. The monoisotopic (exact) mass is 443 g/mol. The molecule has 1 fully saturated rings. The molecule has 1 saturated carbocycles. The summed E-state index contributed by atoms with van der Waals surface area (Å²) in [6.07, 6.45) is 9.85. The van der Waals surface area contributed by atoms with E-state index >= 15 is 0 Å². The number of carbonyl (C=O) groups excluding carboxylic acids is 1. The third-order valence-corrected chi connectivity index (χ3v) is 5.76. The average molecular weight is 444 g/mol. The highest BCUT2D eigenvalue weighted by Crippen LogP contribution is 2.30. The van der Waals surface area contributed by atoms with Crippen LogP contribution in [-0.2, 0) is 4.79 Å². The molecular formula is C22H23ClFN5O2. The number of aromatic nitrogens is 4. The molecule has 9 heteroatoms. The van der Waals surface area contributed by atoms with Crippen LogP contribution >= 0.6 is 11.6 Å². The third kappa shape index (κ3) is 5.19. The lowest BCUT2D eigenvalue weighted by Crippen LogP contribution is -2.44. The normalized spacial score (nSPS) is 19.6. The van der Waals surface area contributed by atoms with Gasteiger partial charge >= 0.3 is 0 Å². The number of rotatable bonds is 6. The van der Waals surface area contributed by atoms with Gasteiger partial charge in [-0.2, -0.15) is 5.10 Å². The van der Waals surface area contributed by atoms with Crippen LogP contribution in [0.3, 0.4) is 0 Å². The van der Waals surface area contributed by atoms with Gasteiger partial charge in [-0.3, -0.25) is 9.48 Å². The van der Waals surface area contributed by atoms with Crippen molar-refractivity contribution in [2.75, 3.05) is 0 Å². The first-order valence-electron chi connectivity index (χ1n) is 10.2. The topological polar surface area (TPSA) is 81.9 Å². The molecule has 0 bridgehead atoms. The molecule has 0 aliphatic heterocycles. The zero-order valence-electron chi connectivity index (χ0n) is 17.0. The molecule has 1 aliphatic carbocycles. The van der Waals surface area contributed by atoms with Crippen molar-refractivity contribution in [2.45, 2.75) is 50.8 Å². The Labute approximate surface area is 184 Å². The standard InChI is InChI=1S/C22H23ClFN5O2/c1-14(31-21-7-2-16(24)10-19(21)23)22(30)28-17-3-5-18(6-4-17)29-12-15(11-27-29)20-8-9-25-13-26-20/h2,7-14,17-18H,3-6H2,1H3,(H,28,30). The molecule has 4 rings (SSSR count).